The third-order valence-corrected chi connectivity index (χ3v) is 7.71. The first-order chi connectivity index (χ1) is 14.3. The minimum absolute atomic E-state index is 0.0723. The topological polar surface area (TPSA) is 69.7 Å². The van der Waals surface area contributed by atoms with Crippen molar-refractivity contribution < 1.29 is 17.6 Å². The van der Waals surface area contributed by atoms with Crippen LogP contribution in [0.4, 0.5) is 9.18 Å². The van der Waals surface area contributed by atoms with Crippen LogP contribution in [0.3, 0.4) is 0 Å². The maximum Gasteiger partial charge on any atom is 0.317 e. The zero-order valence-corrected chi connectivity index (χ0v) is 17.9. The quantitative estimate of drug-likeness (QED) is 0.754. The van der Waals surface area contributed by atoms with Crippen molar-refractivity contribution in [3.8, 4) is 0 Å². The van der Waals surface area contributed by atoms with E-state index in [2.05, 4.69) is 5.32 Å². The van der Waals surface area contributed by atoms with E-state index in [4.69, 9.17) is 11.6 Å². The number of benzene rings is 2. The number of urea groups is 1. The Hall–Kier alpha value is -2.16. The van der Waals surface area contributed by atoms with Crippen molar-refractivity contribution in [2.45, 2.75) is 23.8 Å². The number of sulfonamides is 1. The first-order valence-corrected chi connectivity index (χ1v) is 11.7. The molecule has 0 aromatic heterocycles. The Morgan fingerprint density at radius 3 is 2.33 bits per heavy atom. The molecular formula is C21H23ClFN3O3S. The summed E-state index contributed by atoms with van der Waals surface area (Å²) in [5.41, 5.74) is 1.02. The van der Waals surface area contributed by atoms with Crippen LogP contribution in [0.25, 0.3) is 0 Å². The van der Waals surface area contributed by atoms with Gasteiger partial charge < -0.3 is 10.2 Å². The summed E-state index contributed by atoms with van der Waals surface area (Å²) in [6, 6.07) is 12.2. The summed E-state index contributed by atoms with van der Waals surface area (Å²) in [4.78, 5) is 14.4. The molecule has 0 unspecified atom stereocenters. The van der Waals surface area contributed by atoms with Gasteiger partial charge in [-0.1, -0.05) is 29.8 Å². The van der Waals surface area contributed by atoms with E-state index in [0.29, 0.717) is 10.9 Å². The molecule has 2 aromatic rings. The first kappa shape index (κ1) is 21.1. The summed E-state index contributed by atoms with van der Waals surface area (Å²) in [7, 11) is -3.78. The van der Waals surface area contributed by atoms with Crippen LogP contribution in [0.15, 0.2) is 53.4 Å². The van der Waals surface area contributed by atoms with Crippen molar-refractivity contribution in [3.63, 3.8) is 0 Å². The number of carbonyl (C=O) groups is 1. The molecule has 4 rings (SSSR count). The second kappa shape index (κ2) is 8.53. The summed E-state index contributed by atoms with van der Waals surface area (Å²) in [5, 5.41) is 3.75. The molecule has 1 saturated carbocycles. The number of piperazine rings is 1. The van der Waals surface area contributed by atoms with Crippen molar-refractivity contribution in [1.82, 2.24) is 14.5 Å². The van der Waals surface area contributed by atoms with Crippen LogP contribution in [-0.2, 0) is 10.0 Å². The normalized spacial score (nSPS) is 18.8. The third-order valence-electron chi connectivity index (χ3n) is 5.56. The maximum atomic E-state index is 13.4. The molecule has 1 heterocycles. The molecule has 2 amide bonds. The Morgan fingerprint density at radius 2 is 1.73 bits per heavy atom. The third kappa shape index (κ3) is 4.61. The van der Waals surface area contributed by atoms with Crippen molar-refractivity contribution in [2.24, 2.45) is 5.92 Å². The molecule has 0 bridgehead atoms. The second-order valence-electron chi connectivity index (χ2n) is 7.66. The minimum Gasteiger partial charge on any atom is -0.331 e. The maximum absolute atomic E-state index is 13.4. The molecule has 1 saturated heterocycles. The Morgan fingerprint density at radius 1 is 1.07 bits per heavy atom. The fourth-order valence-electron chi connectivity index (χ4n) is 3.71. The zero-order valence-electron chi connectivity index (χ0n) is 16.3. The number of hydrogen-bond acceptors (Lipinski definition) is 3. The van der Waals surface area contributed by atoms with Gasteiger partial charge in [-0.2, -0.15) is 4.31 Å². The highest BCUT2D eigenvalue weighted by Crippen LogP contribution is 2.41. The lowest BCUT2D eigenvalue weighted by Crippen LogP contribution is -2.53. The molecule has 1 aliphatic heterocycles. The van der Waals surface area contributed by atoms with Crippen molar-refractivity contribution >= 4 is 27.7 Å². The molecule has 0 spiro atoms. The van der Waals surface area contributed by atoms with E-state index in [1.54, 1.807) is 4.90 Å². The van der Waals surface area contributed by atoms with Gasteiger partial charge in [-0.15, -0.1) is 0 Å². The highest BCUT2D eigenvalue weighted by molar-refractivity contribution is 7.89. The van der Waals surface area contributed by atoms with Gasteiger partial charge >= 0.3 is 6.03 Å². The molecule has 160 valence electrons. The highest BCUT2D eigenvalue weighted by atomic mass is 35.5. The summed E-state index contributed by atoms with van der Waals surface area (Å²) < 4.78 is 40.2. The molecule has 2 aliphatic rings. The van der Waals surface area contributed by atoms with Crippen LogP contribution >= 0.6 is 11.6 Å². The minimum atomic E-state index is -3.78. The van der Waals surface area contributed by atoms with Crippen molar-refractivity contribution in [2.75, 3.05) is 26.2 Å². The molecular weight excluding hydrogens is 429 g/mol. The van der Waals surface area contributed by atoms with E-state index in [9.17, 15) is 17.6 Å². The largest absolute Gasteiger partial charge is 0.331 e. The van der Waals surface area contributed by atoms with E-state index >= 15 is 0 Å². The molecule has 30 heavy (non-hydrogen) atoms. The van der Waals surface area contributed by atoms with Gasteiger partial charge in [-0.3, -0.25) is 0 Å². The number of hydrogen-bond donors (Lipinski definition) is 1. The lowest BCUT2D eigenvalue weighted by atomic mass is 10.0. The van der Waals surface area contributed by atoms with Gasteiger partial charge in [0, 0.05) is 31.2 Å². The van der Waals surface area contributed by atoms with E-state index < -0.39 is 15.8 Å². The molecule has 1 atom stereocenters. The fourth-order valence-corrected chi connectivity index (χ4v) is 5.29. The predicted molar refractivity (Wildman–Crippen MR) is 112 cm³/mol. The van der Waals surface area contributed by atoms with Gasteiger partial charge in [-0.05, 0) is 54.7 Å². The average molecular weight is 452 g/mol. The van der Waals surface area contributed by atoms with Crippen molar-refractivity contribution in [1.29, 1.82) is 0 Å². The van der Waals surface area contributed by atoms with Crippen LogP contribution < -0.4 is 5.32 Å². The summed E-state index contributed by atoms with van der Waals surface area (Å²) in [6.45, 7) is 0.888. The number of halogens is 2. The van der Waals surface area contributed by atoms with Crippen LogP contribution in [0.1, 0.15) is 24.4 Å². The molecule has 9 heteroatoms. The second-order valence-corrected chi connectivity index (χ2v) is 10.0. The lowest BCUT2D eigenvalue weighted by Gasteiger charge is -2.35. The highest BCUT2D eigenvalue weighted by Gasteiger charge is 2.36. The van der Waals surface area contributed by atoms with Gasteiger partial charge in [0.15, 0.2) is 0 Å². The van der Waals surface area contributed by atoms with Crippen LogP contribution in [0, 0.1) is 11.7 Å². The van der Waals surface area contributed by atoms with Gasteiger partial charge in [0.1, 0.15) is 5.82 Å². The Labute approximate surface area is 180 Å². The van der Waals surface area contributed by atoms with E-state index in [1.807, 2.05) is 24.3 Å². The van der Waals surface area contributed by atoms with Gasteiger partial charge in [0.25, 0.3) is 0 Å². The molecule has 2 fully saturated rings. The predicted octanol–water partition coefficient (Wildman–Crippen LogP) is 3.65. The van der Waals surface area contributed by atoms with Crippen LogP contribution in [0.5, 0.6) is 0 Å². The Bertz CT molecular complexity index is 1020. The zero-order chi connectivity index (χ0) is 21.3. The SMILES string of the molecule is O=C(N[C@H](c1ccc(Cl)cc1)C1CC1)N1CCN(S(=O)(=O)c2cccc(F)c2)CC1. The van der Waals surface area contributed by atoms with E-state index in [1.165, 1.54) is 22.5 Å². The number of amides is 2. The monoisotopic (exact) mass is 451 g/mol. The smallest absolute Gasteiger partial charge is 0.317 e. The molecule has 1 aliphatic carbocycles. The Kier molecular flexibility index (Phi) is 5.99. The summed E-state index contributed by atoms with van der Waals surface area (Å²) in [6.07, 6.45) is 2.13. The number of nitrogens with zero attached hydrogens (tertiary/aromatic N) is 2. The van der Waals surface area contributed by atoms with Crippen LogP contribution in [0.2, 0.25) is 5.02 Å². The number of nitrogens with one attached hydrogen (secondary N) is 1. The summed E-state index contributed by atoms with van der Waals surface area (Å²) in [5.74, 6) is -0.188. The van der Waals surface area contributed by atoms with Gasteiger partial charge in [0.05, 0.1) is 10.9 Å². The van der Waals surface area contributed by atoms with Gasteiger partial charge in [0.2, 0.25) is 10.0 Å². The summed E-state index contributed by atoms with van der Waals surface area (Å²) >= 11 is 5.97. The van der Waals surface area contributed by atoms with Gasteiger partial charge in [-0.25, -0.2) is 17.6 Å². The standard InChI is InChI=1S/C21H23ClFN3O3S/c22-17-8-6-16(7-9-17)20(15-4-5-15)24-21(27)25-10-12-26(13-11-25)30(28,29)19-3-1-2-18(23)14-19/h1-3,6-9,14-15,20H,4-5,10-13H2,(H,24,27)/t20-/m0/s1. The molecule has 1 N–H and O–H groups in total. The van der Waals surface area contributed by atoms with Crippen LogP contribution in [-0.4, -0.2) is 49.8 Å². The van der Waals surface area contributed by atoms with E-state index in [-0.39, 0.29) is 43.1 Å². The Balaban J connectivity index is 1.38. The molecule has 0 radical (unpaired) electrons. The number of carbonyl (C=O) groups excluding carboxylic acids is 1. The average Bonchev–Trinajstić information content (AvgIpc) is 3.58. The van der Waals surface area contributed by atoms with Crippen molar-refractivity contribution in [3.05, 3.63) is 64.9 Å². The number of rotatable bonds is 5. The first-order valence-electron chi connectivity index (χ1n) is 9.91. The lowest BCUT2D eigenvalue weighted by molar-refractivity contribution is 0.167. The van der Waals surface area contributed by atoms with E-state index in [0.717, 1.165) is 24.5 Å². The molecule has 2 aromatic carbocycles. The fraction of sp³-hybridized carbons (Fsp3) is 0.381. The molecule has 6 nitrogen and oxygen atoms in total.